The average Bonchev–Trinajstić information content (AvgIpc) is 2.62. The molecule has 0 fully saturated rings. The van der Waals surface area contributed by atoms with Crippen molar-refractivity contribution in [1.82, 2.24) is 0 Å². The van der Waals surface area contributed by atoms with Crippen molar-refractivity contribution in [1.29, 1.82) is 0 Å². The molecule has 2 atom stereocenters. The first-order valence-corrected chi connectivity index (χ1v) is 10.6. The summed E-state index contributed by atoms with van der Waals surface area (Å²) in [5.41, 5.74) is 11.1. The van der Waals surface area contributed by atoms with Crippen molar-refractivity contribution in [3.8, 4) is 0 Å². The van der Waals surface area contributed by atoms with Crippen LogP contribution in [0.4, 0.5) is 0 Å². The lowest BCUT2D eigenvalue weighted by Crippen LogP contribution is -2.42. The molecule has 0 spiro atoms. The number of carbonyl (C=O) groups is 3. The van der Waals surface area contributed by atoms with Crippen molar-refractivity contribution in [2.45, 2.75) is 73.1 Å². The molecule has 0 radical (unpaired) electrons. The van der Waals surface area contributed by atoms with Gasteiger partial charge in [-0.2, -0.15) is 0 Å². The molecule has 31 heavy (non-hydrogen) atoms. The van der Waals surface area contributed by atoms with Crippen LogP contribution in [0, 0.1) is 17.3 Å². The summed E-state index contributed by atoms with van der Waals surface area (Å²) < 4.78 is 15.3. The highest BCUT2D eigenvalue weighted by Gasteiger charge is 2.37. The van der Waals surface area contributed by atoms with E-state index in [1.54, 1.807) is 13.8 Å². The molecule has 8 heteroatoms. The summed E-state index contributed by atoms with van der Waals surface area (Å²) in [6, 6.07) is 0. The molecule has 0 aliphatic carbocycles. The minimum Gasteiger partial charge on any atom is -0.462 e. The second-order valence-corrected chi connectivity index (χ2v) is 8.87. The minimum absolute atomic E-state index is 0.0666. The molecule has 0 rings (SSSR count). The molecule has 0 bridgehead atoms. The van der Waals surface area contributed by atoms with Crippen LogP contribution in [0.5, 0.6) is 0 Å². The molecule has 0 saturated carbocycles. The number of carbonyl (C=O) groups excluding carboxylic acids is 3. The lowest BCUT2D eigenvalue weighted by molar-refractivity contribution is -0.160. The smallest absolute Gasteiger partial charge is 0.333 e. The second kappa shape index (κ2) is 14.0. The van der Waals surface area contributed by atoms with E-state index in [4.69, 9.17) is 25.7 Å². The largest absolute Gasteiger partial charge is 0.462 e. The fourth-order valence-electron chi connectivity index (χ4n) is 3.46. The number of ether oxygens (including phenoxy) is 3. The predicted molar refractivity (Wildman–Crippen MR) is 119 cm³/mol. The van der Waals surface area contributed by atoms with Gasteiger partial charge in [-0.15, -0.1) is 0 Å². The van der Waals surface area contributed by atoms with Crippen LogP contribution in [-0.4, -0.2) is 37.5 Å². The third-order valence-electron chi connectivity index (χ3n) is 5.02. The van der Waals surface area contributed by atoms with Crippen LogP contribution in [0.25, 0.3) is 0 Å². The van der Waals surface area contributed by atoms with Crippen LogP contribution in [0.15, 0.2) is 24.3 Å². The topological polar surface area (TPSA) is 131 Å². The fourth-order valence-corrected chi connectivity index (χ4v) is 3.46. The maximum absolute atomic E-state index is 12.6. The Labute approximate surface area is 186 Å². The van der Waals surface area contributed by atoms with Crippen molar-refractivity contribution in [2.75, 3.05) is 13.2 Å². The molecule has 0 amide bonds. The lowest BCUT2D eigenvalue weighted by atomic mass is 9.71. The molecule has 0 heterocycles. The van der Waals surface area contributed by atoms with Crippen LogP contribution >= 0.6 is 0 Å². The van der Waals surface area contributed by atoms with Gasteiger partial charge in [-0.3, -0.25) is 16.3 Å². The minimum atomic E-state index is -1.21. The first-order valence-electron chi connectivity index (χ1n) is 10.6. The predicted octanol–water partition coefficient (Wildman–Crippen LogP) is 3.20. The van der Waals surface area contributed by atoms with Gasteiger partial charge in [0.25, 0.3) is 0 Å². The highest BCUT2D eigenvalue weighted by molar-refractivity contribution is 5.87. The Morgan fingerprint density at radius 3 is 1.90 bits per heavy atom. The molecule has 178 valence electrons. The van der Waals surface area contributed by atoms with E-state index in [-0.39, 0.29) is 12.6 Å². The summed E-state index contributed by atoms with van der Waals surface area (Å²) in [6.45, 7) is 16.8. The summed E-state index contributed by atoms with van der Waals surface area (Å²) in [5, 5.41) is 0. The van der Waals surface area contributed by atoms with Crippen molar-refractivity contribution >= 4 is 17.9 Å². The van der Waals surface area contributed by atoms with Gasteiger partial charge in [0.1, 0.15) is 0 Å². The Hall–Kier alpha value is -2.19. The summed E-state index contributed by atoms with van der Waals surface area (Å²) in [5.74, 6) is -1.61. The van der Waals surface area contributed by atoms with Crippen LogP contribution in [0.2, 0.25) is 0 Å². The van der Waals surface area contributed by atoms with E-state index in [0.29, 0.717) is 30.1 Å². The van der Waals surface area contributed by atoms with Gasteiger partial charge < -0.3 is 14.2 Å². The average molecular weight is 441 g/mol. The Morgan fingerprint density at radius 2 is 1.42 bits per heavy atom. The quantitative estimate of drug-likeness (QED) is 0.130. The summed E-state index contributed by atoms with van der Waals surface area (Å²) in [4.78, 5) is 35.6. The van der Waals surface area contributed by atoms with Crippen LogP contribution in [0.1, 0.15) is 66.7 Å². The van der Waals surface area contributed by atoms with Crippen molar-refractivity contribution < 1.29 is 28.6 Å². The number of nitrogens with two attached hydrogens (primary N) is 2. The second-order valence-electron chi connectivity index (χ2n) is 8.87. The summed E-state index contributed by atoms with van der Waals surface area (Å²) in [6.07, 6.45) is 2.39. The molecule has 0 aliphatic rings. The molecule has 0 aromatic rings. The number of unbranched alkanes of at least 4 members (excludes halogenated alkanes) is 1. The van der Waals surface area contributed by atoms with E-state index < -0.39 is 29.6 Å². The first kappa shape index (κ1) is 28.8. The zero-order chi connectivity index (χ0) is 24.2. The Kier molecular flexibility index (Phi) is 13.0. The van der Waals surface area contributed by atoms with Gasteiger partial charge in [0.15, 0.2) is 0 Å². The molecule has 2 unspecified atom stereocenters. The molecular formula is C23H40N2O6. The number of rotatable bonds is 15. The zero-order valence-corrected chi connectivity index (χ0v) is 19.7. The summed E-state index contributed by atoms with van der Waals surface area (Å²) in [7, 11) is 0. The van der Waals surface area contributed by atoms with E-state index in [2.05, 4.69) is 20.1 Å². The van der Waals surface area contributed by atoms with Crippen molar-refractivity contribution in [3.63, 3.8) is 0 Å². The van der Waals surface area contributed by atoms with E-state index in [1.165, 1.54) is 0 Å². The standard InChI is InChI=1S/C23H40N2O6/c1-15(2)19(26)29-12-9-8-10-17(5)14-23(6,7)18(21(28)31-22(24)25)11-13-30-20(27)16(3)4/h17-18,22H,1,3,8-14,24-25H2,2,4-7H3. The van der Waals surface area contributed by atoms with Crippen LogP contribution < -0.4 is 11.5 Å². The fraction of sp³-hybridized carbons (Fsp3) is 0.696. The van der Waals surface area contributed by atoms with Gasteiger partial charge in [0, 0.05) is 11.1 Å². The van der Waals surface area contributed by atoms with Gasteiger partial charge in [-0.05, 0) is 50.9 Å². The van der Waals surface area contributed by atoms with E-state index >= 15 is 0 Å². The molecule has 4 N–H and O–H groups in total. The van der Waals surface area contributed by atoms with Crippen LogP contribution in [-0.2, 0) is 28.6 Å². The monoisotopic (exact) mass is 440 g/mol. The maximum Gasteiger partial charge on any atom is 0.333 e. The molecule has 0 aromatic heterocycles. The first-order chi connectivity index (χ1) is 14.3. The van der Waals surface area contributed by atoms with E-state index in [9.17, 15) is 14.4 Å². The Bertz CT molecular complexity index is 642. The zero-order valence-electron chi connectivity index (χ0n) is 19.7. The van der Waals surface area contributed by atoms with Gasteiger partial charge in [-0.25, -0.2) is 9.59 Å². The lowest BCUT2D eigenvalue weighted by Gasteiger charge is -2.35. The Balaban J connectivity index is 4.79. The van der Waals surface area contributed by atoms with E-state index in [1.807, 2.05) is 13.8 Å². The molecule has 0 aromatic carbocycles. The Morgan fingerprint density at radius 1 is 0.903 bits per heavy atom. The van der Waals surface area contributed by atoms with Crippen molar-refractivity contribution in [3.05, 3.63) is 24.3 Å². The highest BCUT2D eigenvalue weighted by atomic mass is 16.6. The normalized spacial score (nSPS) is 13.3. The summed E-state index contributed by atoms with van der Waals surface area (Å²) >= 11 is 0. The SMILES string of the molecule is C=C(C)C(=O)OCCCCC(C)CC(C)(C)C(CCOC(=O)C(=C)C)C(=O)OC(N)N. The van der Waals surface area contributed by atoms with Crippen LogP contribution in [0.3, 0.4) is 0 Å². The number of hydrogen-bond donors (Lipinski definition) is 2. The maximum atomic E-state index is 12.6. The molecule has 0 saturated heterocycles. The van der Waals surface area contributed by atoms with Gasteiger partial charge >= 0.3 is 17.9 Å². The molecular weight excluding hydrogens is 400 g/mol. The number of hydrogen-bond acceptors (Lipinski definition) is 8. The van der Waals surface area contributed by atoms with Crippen molar-refractivity contribution in [2.24, 2.45) is 28.7 Å². The highest BCUT2D eigenvalue weighted by Crippen LogP contribution is 2.38. The molecule has 0 aliphatic heterocycles. The molecule has 8 nitrogen and oxygen atoms in total. The third-order valence-corrected chi connectivity index (χ3v) is 5.02. The van der Waals surface area contributed by atoms with E-state index in [0.717, 1.165) is 25.7 Å². The van der Waals surface area contributed by atoms with Gasteiger partial charge in [0.05, 0.1) is 19.1 Å². The van der Waals surface area contributed by atoms with Gasteiger partial charge in [-0.1, -0.05) is 40.3 Å². The van der Waals surface area contributed by atoms with Gasteiger partial charge in [0.2, 0.25) is 6.35 Å². The third kappa shape index (κ3) is 12.3. The number of esters is 3.